The van der Waals surface area contributed by atoms with E-state index in [0.29, 0.717) is 36.8 Å². The molecule has 1 aliphatic heterocycles. The molecule has 0 saturated carbocycles. The van der Waals surface area contributed by atoms with E-state index >= 15 is 0 Å². The molecule has 0 N–H and O–H groups in total. The number of carbonyl (C=O) groups excluding carboxylic acids is 1. The molecule has 164 valence electrons. The van der Waals surface area contributed by atoms with Crippen LogP contribution in [0, 0.1) is 48.5 Å². The summed E-state index contributed by atoms with van der Waals surface area (Å²) in [5.74, 6) is 0.619. The van der Waals surface area contributed by atoms with Gasteiger partial charge in [-0.05, 0) is 76.3 Å². The van der Waals surface area contributed by atoms with Gasteiger partial charge in [-0.25, -0.2) is 8.42 Å². The van der Waals surface area contributed by atoms with Crippen molar-refractivity contribution in [3.05, 3.63) is 44.8 Å². The van der Waals surface area contributed by atoms with E-state index in [4.69, 9.17) is 4.52 Å². The molecule has 1 saturated heterocycles. The Morgan fingerprint density at radius 1 is 0.867 bits per heavy atom. The second-order valence-electron chi connectivity index (χ2n) is 8.22. The van der Waals surface area contributed by atoms with Gasteiger partial charge in [-0.15, -0.1) is 0 Å². The average Bonchev–Trinajstić information content (AvgIpc) is 3.02. The zero-order chi connectivity index (χ0) is 22.4. The fourth-order valence-electron chi connectivity index (χ4n) is 4.18. The lowest BCUT2D eigenvalue weighted by Gasteiger charge is -2.35. The number of benzene rings is 1. The number of aryl methyl sites for hydroxylation is 2. The van der Waals surface area contributed by atoms with Crippen LogP contribution in [0.3, 0.4) is 0 Å². The summed E-state index contributed by atoms with van der Waals surface area (Å²) >= 11 is 0. The summed E-state index contributed by atoms with van der Waals surface area (Å²) in [6.45, 7) is 14.7. The van der Waals surface area contributed by atoms with E-state index in [2.05, 4.69) is 5.16 Å². The van der Waals surface area contributed by atoms with Crippen molar-refractivity contribution in [2.24, 2.45) is 0 Å². The highest BCUT2D eigenvalue weighted by Crippen LogP contribution is 2.32. The number of carbonyl (C=O) groups is 1. The van der Waals surface area contributed by atoms with Gasteiger partial charge in [0.1, 0.15) is 5.76 Å². The Labute approximate surface area is 179 Å². The molecule has 1 fully saturated rings. The molecule has 1 aromatic heterocycles. The van der Waals surface area contributed by atoms with Crippen LogP contribution in [0.2, 0.25) is 0 Å². The molecule has 8 heteroatoms. The van der Waals surface area contributed by atoms with Crippen LogP contribution in [0.1, 0.15) is 44.8 Å². The summed E-state index contributed by atoms with van der Waals surface area (Å²) in [7, 11) is -3.63. The summed E-state index contributed by atoms with van der Waals surface area (Å²) in [6.07, 6.45) is 0.225. The maximum atomic E-state index is 13.5. The first-order valence-electron chi connectivity index (χ1n) is 10.2. The van der Waals surface area contributed by atoms with E-state index in [1.165, 1.54) is 4.31 Å². The van der Waals surface area contributed by atoms with E-state index < -0.39 is 10.0 Å². The molecule has 0 aliphatic carbocycles. The van der Waals surface area contributed by atoms with Crippen LogP contribution in [0.5, 0.6) is 0 Å². The van der Waals surface area contributed by atoms with Gasteiger partial charge in [0.25, 0.3) is 0 Å². The van der Waals surface area contributed by atoms with Gasteiger partial charge in [-0.1, -0.05) is 5.16 Å². The molecule has 0 spiro atoms. The van der Waals surface area contributed by atoms with Crippen molar-refractivity contribution in [1.29, 1.82) is 0 Å². The molecule has 1 aliphatic rings. The van der Waals surface area contributed by atoms with Crippen LogP contribution >= 0.6 is 0 Å². The number of aromatic nitrogens is 1. The number of nitrogens with zero attached hydrogens (tertiary/aromatic N) is 3. The Kier molecular flexibility index (Phi) is 6.11. The van der Waals surface area contributed by atoms with Gasteiger partial charge in [0.2, 0.25) is 15.9 Å². The van der Waals surface area contributed by atoms with Gasteiger partial charge in [0.05, 0.1) is 17.0 Å². The number of hydrogen-bond donors (Lipinski definition) is 0. The minimum Gasteiger partial charge on any atom is -0.361 e. The van der Waals surface area contributed by atoms with Gasteiger partial charge in [0.15, 0.2) is 0 Å². The van der Waals surface area contributed by atoms with Crippen molar-refractivity contribution in [3.8, 4) is 0 Å². The Morgan fingerprint density at radius 2 is 1.37 bits per heavy atom. The average molecular weight is 434 g/mol. The maximum Gasteiger partial charge on any atom is 0.243 e. The number of sulfonamides is 1. The number of amides is 1. The molecule has 0 unspecified atom stereocenters. The monoisotopic (exact) mass is 433 g/mol. The third kappa shape index (κ3) is 3.78. The van der Waals surface area contributed by atoms with Crippen LogP contribution in [0.15, 0.2) is 9.42 Å². The van der Waals surface area contributed by atoms with Crippen molar-refractivity contribution in [2.45, 2.75) is 59.8 Å². The van der Waals surface area contributed by atoms with Crippen molar-refractivity contribution in [3.63, 3.8) is 0 Å². The van der Waals surface area contributed by atoms with E-state index in [1.54, 1.807) is 11.8 Å². The summed E-state index contributed by atoms with van der Waals surface area (Å²) in [5, 5.41) is 3.90. The van der Waals surface area contributed by atoms with Gasteiger partial charge >= 0.3 is 0 Å². The van der Waals surface area contributed by atoms with Crippen LogP contribution < -0.4 is 0 Å². The third-order valence-electron chi connectivity index (χ3n) is 6.63. The first-order chi connectivity index (χ1) is 14.0. The van der Waals surface area contributed by atoms with E-state index in [1.807, 2.05) is 41.5 Å². The number of hydrogen-bond acceptors (Lipinski definition) is 5. The second kappa shape index (κ2) is 8.15. The summed E-state index contributed by atoms with van der Waals surface area (Å²) in [5.41, 5.74) is 6.33. The first kappa shape index (κ1) is 22.5. The van der Waals surface area contributed by atoms with E-state index in [9.17, 15) is 13.2 Å². The fourth-order valence-corrected chi connectivity index (χ4v) is 6.16. The van der Waals surface area contributed by atoms with Gasteiger partial charge < -0.3 is 9.42 Å². The zero-order valence-electron chi connectivity index (χ0n) is 18.9. The first-order valence-corrected chi connectivity index (χ1v) is 11.7. The summed E-state index contributed by atoms with van der Waals surface area (Å²) < 4.78 is 33.6. The normalized spacial score (nSPS) is 15.6. The summed E-state index contributed by atoms with van der Waals surface area (Å²) in [6, 6.07) is 0. The smallest absolute Gasteiger partial charge is 0.243 e. The lowest BCUT2D eigenvalue weighted by molar-refractivity contribution is -0.131. The molecule has 2 aromatic rings. The van der Waals surface area contributed by atoms with Crippen molar-refractivity contribution in [1.82, 2.24) is 14.4 Å². The van der Waals surface area contributed by atoms with Gasteiger partial charge in [-0.3, -0.25) is 4.79 Å². The lowest BCUT2D eigenvalue weighted by Crippen LogP contribution is -2.51. The third-order valence-corrected chi connectivity index (χ3v) is 8.80. The maximum absolute atomic E-state index is 13.5. The standard InChI is InChI=1S/C22H31N3O4S/c1-13-14(2)16(4)22(17(5)15(13)3)30(27,28)25-10-8-24(9-11-25)21(26)12-20-18(6)23-29-19(20)7/h8-12H2,1-7H3. The Balaban J connectivity index is 1.77. The molecule has 7 nitrogen and oxygen atoms in total. The van der Waals surface area contributed by atoms with Gasteiger partial charge in [0, 0.05) is 31.7 Å². The SMILES string of the molecule is Cc1noc(C)c1CC(=O)N1CCN(S(=O)(=O)c2c(C)c(C)c(C)c(C)c2C)CC1. The van der Waals surface area contributed by atoms with E-state index in [-0.39, 0.29) is 12.3 Å². The highest BCUT2D eigenvalue weighted by molar-refractivity contribution is 7.89. The molecule has 1 aromatic carbocycles. The lowest BCUT2D eigenvalue weighted by atomic mass is 9.95. The Bertz CT molecular complexity index is 1050. The predicted molar refractivity (Wildman–Crippen MR) is 115 cm³/mol. The molecule has 2 heterocycles. The topological polar surface area (TPSA) is 83.7 Å². The molecule has 30 heavy (non-hydrogen) atoms. The van der Waals surface area contributed by atoms with Gasteiger partial charge in [-0.2, -0.15) is 4.31 Å². The quantitative estimate of drug-likeness (QED) is 0.740. The molecule has 3 rings (SSSR count). The summed E-state index contributed by atoms with van der Waals surface area (Å²) in [4.78, 5) is 14.9. The van der Waals surface area contributed by atoms with Crippen molar-refractivity contribution in [2.75, 3.05) is 26.2 Å². The highest BCUT2D eigenvalue weighted by atomic mass is 32.2. The molecular weight excluding hydrogens is 402 g/mol. The van der Waals surface area contributed by atoms with Crippen LogP contribution in [-0.2, 0) is 21.2 Å². The van der Waals surface area contributed by atoms with Crippen LogP contribution in [-0.4, -0.2) is 54.9 Å². The number of piperazine rings is 1. The zero-order valence-corrected chi connectivity index (χ0v) is 19.7. The highest BCUT2D eigenvalue weighted by Gasteiger charge is 2.33. The van der Waals surface area contributed by atoms with Crippen LogP contribution in [0.25, 0.3) is 0 Å². The minimum atomic E-state index is -3.63. The fraction of sp³-hybridized carbons (Fsp3) is 0.545. The Morgan fingerprint density at radius 3 is 1.83 bits per heavy atom. The Hall–Kier alpha value is -2.19. The molecule has 0 atom stereocenters. The molecule has 0 bridgehead atoms. The molecular formula is C22H31N3O4S. The molecule has 0 radical (unpaired) electrons. The predicted octanol–water partition coefficient (Wildman–Crippen LogP) is 2.91. The molecule has 1 amide bonds. The van der Waals surface area contributed by atoms with Crippen molar-refractivity contribution >= 4 is 15.9 Å². The number of rotatable bonds is 4. The largest absolute Gasteiger partial charge is 0.361 e. The minimum absolute atomic E-state index is 0.0316. The van der Waals surface area contributed by atoms with Crippen molar-refractivity contribution < 1.29 is 17.7 Å². The van der Waals surface area contributed by atoms with Crippen LogP contribution in [0.4, 0.5) is 0 Å². The second-order valence-corrected chi connectivity index (χ2v) is 10.1. The van der Waals surface area contributed by atoms with E-state index in [0.717, 1.165) is 39.1 Å².